The van der Waals surface area contributed by atoms with Gasteiger partial charge in [-0.1, -0.05) is 43.7 Å². The highest BCUT2D eigenvalue weighted by atomic mass is 32.1. The molecule has 0 fully saturated rings. The van der Waals surface area contributed by atoms with E-state index >= 15 is 0 Å². The first kappa shape index (κ1) is 13.3. The highest BCUT2D eigenvalue weighted by Crippen LogP contribution is 2.20. The largest absolute Gasteiger partial charge is 0.306 e. The van der Waals surface area contributed by atoms with Crippen molar-refractivity contribution in [3.63, 3.8) is 0 Å². The van der Waals surface area contributed by atoms with Gasteiger partial charge in [-0.2, -0.15) is 11.3 Å². The number of thiophene rings is 1. The Balaban J connectivity index is 2.01. The first-order valence-electron chi connectivity index (χ1n) is 6.61. The normalized spacial score (nSPS) is 12.6. The fraction of sp³-hybridized carbons (Fsp3) is 0.375. The van der Waals surface area contributed by atoms with Crippen molar-refractivity contribution >= 4 is 11.3 Å². The highest BCUT2D eigenvalue weighted by molar-refractivity contribution is 7.08. The topological polar surface area (TPSA) is 12.0 Å². The van der Waals surface area contributed by atoms with Gasteiger partial charge in [0.25, 0.3) is 0 Å². The quantitative estimate of drug-likeness (QED) is 0.793. The van der Waals surface area contributed by atoms with Crippen LogP contribution in [0.5, 0.6) is 0 Å². The van der Waals surface area contributed by atoms with E-state index in [0.29, 0.717) is 6.04 Å². The van der Waals surface area contributed by atoms with E-state index in [-0.39, 0.29) is 0 Å². The molecule has 1 heterocycles. The average Bonchev–Trinajstić information content (AvgIpc) is 2.81. The molecule has 18 heavy (non-hydrogen) atoms. The van der Waals surface area contributed by atoms with Gasteiger partial charge in [-0.3, -0.25) is 0 Å². The van der Waals surface area contributed by atoms with E-state index in [1.807, 2.05) is 0 Å². The number of hydrogen-bond donors (Lipinski definition) is 1. The molecule has 1 atom stereocenters. The number of rotatable bonds is 6. The molecule has 2 heteroatoms. The van der Waals surface area contributed by atoms with E-state index in [2.05, 4.69) is 60.3 Å². The van der Waals surface area contributed by atoms with Crippen molar-refractivity contribution in [3.05, 3.63) is 57.8 Å². The molecule has 2 aromatic rings. The van der Waals surface area contributed by atoms with Crippen LogP contribution in [-0.2, 0) is 6.54 Å². The molecule has 0 spiro atoms. The van der Waals surface area contributed by atoms with Gasteiger partial charge in [0.15, 0.2) is 0 Å². The minimum atomic E-state index is 0.468. The Kier molecular flexibility index (Phi) is 4.97. The summed E-state index contributed by atoms with van der Waals surface area (Å²) in [6.45, 7) is 5.40. The van der Waals surface area contributed by atoms with E-state index in [0.717, 1.165) is 6.54 Å². The third-order valence-corrected chi connectivity index (χ3v) is 4.19. The molecule has 0 aliphatic carbocycles. The monoisotopic (exact) mass is 259 g/mol. The smallest absolute Gasteiger partial charge is 0.0323 e. The van der Waals surface area contributed by atoms with Crippen molar-refractivity contribution in [1.82, 2.24) is 5.32 Å². The van der Waals surface area contributed by atoms with Crippen LogP contribution in [0, 0.1) is 6.92 Å². The Hall–Kier alpha value is -1.12. The molecule has 1 N–H and O–H groups in total. The Morgan fingerprint density at radius 3 is 2.56 bits per heavy atom. The molecule has 0 bridgehead atoms. The van der Waals surface area contributed by atoms with Gasteiger partial charge in [0, 0.05) is 12.6 Å². The highest BCUT2D eigenvalue weighted by Gasteiger charge is 2.10. The molecule has 0 saturated carbocycles. The van der Waals surface area contributed by atoms with Gasteiger partial charge in [0.05, 0.1) is 0 Å². The Morgan fingerprint density at radius 2 is 1.94 bits per heavy atom. The lowest BCUT2D eigenvalue weighted by atomic mass is 10.0. The maximum atomic E-state index is 3.69. The van der Waals surface area contributed by atoms with Crippen molar-refractivity contribution in [2.75, 3.05) is 0 Å². The maximum Gasteiger partial charge on any atom is 0.0323 e. The fourth-order valence-corrected chi connectivity index (χ4v) is 3.02. The fourth-order valence-electron chi connectivity index (χ4n) is 2.16. The summed E-state index contributed by atoms with van der Waals surface area (Å²) in [5.74, 6) is 0. The van der Waals surface area contributed by atoms with Crippen molar-refractivity contribution in [2.45, 2.75) is 39.3 Å². The third-order valence-electron chi connectivity index (χ3n) is 3.28. The predicted octanol–water partition coefficient (Wildman–Crippen LogP) is 4.69. The molecule has 96 valence electrons. The average molecular weight is 259 g/mol. The second-order valence-electron chi connectivity index (χ2n) is 4.71. The Morgan fingerprint density at radius 1 is 1.17 bits per heavy atom. The van der Waals surface area contributed by atoms with Crippen LogP contribution in [0.2, 0.25) is 0 Å². The van der Waals surface area contributed by atoms with Crippen molar-refractivity contribution in [3.8, 4) is 0 Å². The number of hydrogen-bond acceptors (Lipinski definition) is 2. The molecule has 1 aromatic carbocycles. The van der Waals surface area contributed by atoms with E-state index < -0.39 is 0 Å². The van der Waals surface area contributed by atoms with E-state index in [1.54, 1.807) is 11.3 Å². The van der Waals surface area contributed by atoms with Gasteiger partial charge in [-0.05, 0) is 40.8 Å². The Bertz CT molecular complexity index is 461. The summed E-state index contributed by atoms with van der Waals surface area (Å²) < 4.78 is 0. The zero-order chi connectivity index (χ0) is 12.8. The zero-order valence-electron chi connectivity index (χ0n) is 11.1. The molecular formula is C16H21NS. The zero-order valence-corrected chi connectivity index (χ0v) is 12.0. The SMILES string of the molecule is CCCC(NCc1cscc1C)c1ccccc1. The summed E-state index contributed by atoms with van der Waals surface area (Å²) in [5.41, 5.74) is 4.22. The first-order chi connectivity index (χ1) is 8.81. The molecule has 0 aliphatic rings. The van der Waals surface area contributed by atoms with Crippen LogP contribution in [0.15, 0.2) is 41.1 Å². The summed E-state index contributed by atoms with van der Waals surface area (Å²) in [6, 6.07) is 11.2. The molecule has 1 unspecified atom stereocenters. The molecule has 1 nitrogen and oxygen atoms in total. The van der Waals surface area contributed by atoms with E-state index in [4.69, 9.17) is 0 Å². The molecule has 1 aromatic heterocycles. The van der Waals surface area contributed by atoms with Crippen LogP contribution >= 0.6 is 11.3 Å². The summed E-state index contributed by atoms with van der Waals surface area (Å²) in [5, 5.41) is 8.15. The minimum absolute atomic E-state index is 0.468. The lowest BCUT2D eigenvalue weighted by Crippen LogP contribution is -2.20. The van der Waals surface area contributed by atoms with Gasteiger partial charge in [0.2, 0.25) is 0 Å². The molecule has 2 rings (SSSR count). The number of benzene rings is 1. The third kappa shape index (κ3) is 3.44. The number of nitrogens with one attached hydrogen (secondary N) is 1. The summed E-state index contributed by atoms with van der Waals surface area (Å²) >= 11 is 1.79. The van der Waals surface area contributed by atoms with Crippen LogP contribution in [-0.4, -0.2) is 0 Å². The minimum Gasteiger partial charge on any atom is -0.306 e. The Labute approximate surface area is 114 Å². The second-order valence-corrected chi connectivity index (χ2v) is 5.46. The summed E-state index contributed by atoms with van der Waals surface area (Å²) in [4.78, 5) is 0. The van der Waals surface area contributed by atoms with Crippen LogP contribution in [0.3, 0.4) is 0 Å². The van der Waals surface area contributed by atoms with Gasteiger partial charge in [-0.15, -0.1) is 0 Å². The molecule has 0 saturated heterocycles. The van der Waals surface area contributed by atoms with Gasteiger partial charge in [0.1, 0.15) is 0 Å². The predicted molar refractivity (Wildman–Crippen MR) is 80.0 cm³/mol. The van der Waals surface area contributed by atoms with E-state index in [9.17, 15) is 0 Å². The number of aryl methyl sites for hydroxylation is 1. The van der Waals surface area contributed by atoms with Crippen LogP contribution in [0.1, 0.15) is 42.5 Å². The maximum absolute atomic E-state index is 3.69. The molecule has 0 radical (unpaired) electrons. The van der Waals surface area contributed by atoms with Crippen LogP contribution in [0.25, 0.3) is 0 Å². The molecule has 0 aliphatic heterocycles. The lowest BCUT2D eigenvalue weighted by Gasteiger charge is -2.18. The van der Waals surface area contributed by atoms with Crippen molar-refractivity contribution in [1.29, 1.82) is 0 Å². The first-order valence-corrected chi connectivity index (χ1v) is 7.55. The summed E-state index contributed by atoms with van der Waals surface area (Å²) in [7, 11) is 0. The van der Waals surface area contributed by atoms with Crippen LogP contribution in [0.4, 0.5) is 0 Å². The van der Waals surface area contributed by atoms with Crippen molar-refractivity contribution in [2.24, 2.45) is 0 Å². The molecule has 0 amide bonds. The lowest BCUT2D eigenvalue weighted by molar-refractivity contribution is 0.493. The standard InChI is InChI=1S/C16H21NS/c1-3-7-16(14-8-5-4-6-9-14)17-10-15-12-18-11-13(15)2/h4-6,8-9,11-12,16-17H,3,7,10H2,1-2H3. The van der Waals surface area contributed by atoms with Crippen LogP contribution < -0.4 is 5.32 Å². The van der Waals surface area contributed by atoms with E-state index in [1.165, 1.54) is 29.5 Å². The molecular weight excluding hydrogens is 238 g/mol. The second kappa shape index (κ2) is 6.72. The van der Waals surface area contributed by atoms with Crippen molar-refractivity contribution < 1.29 is 0 Å². The van der Waals surface area contributed by atoms with Gasteiger partial charge >= 0.3 is 0 Å². The summed E-state index contributed by atoms with van der Waals surface area (Å²) in [6.07, 6.45) is 2.39. The van der Waals surface area contributed by atoms with Gasteiger partial charge in [-0.25, -0.2) is 0 Å². The van der Waals surface area contributed by atoms with Gasteiger partial charge < -0.3 is 5.32 Å².